The molecule has 0 saturated carbocycles. The highest BCUT2D eigenvalue weighted by atomic mass is 19.1. The molecule has 0 spiro atoms. The summed E-state index contributed by atoms with van der Waals surface area (Å²) in [6.45, 7) is 10.1. The number of halogens is 1. The van der Waals surface area contributed by atoms with Crippen LogP contribution in [0.25, 0.3) is 22.3 Å². The van der Waals surface area contributed by atoms with Gasteiger partial charge in [-0.2, -0.15) is 0 Å². The highest BCUT2D eigenvalue weighted by Gasteiger charge is 2.08. The van der Waals surface area contributed by atoms with Gasteiger partial charge in [-0.15, -0.1) is 0 Å². The molecular weight excluding hydrogens is 475 g/mol. The molecule has 0 heterocycles. The van der Waals surface area contributed by atoms with Crippen molar-refractivity contribution in [1.29, 1.82) is 0 Å². The van der Waals surface area contributed by atoms with Gasteiger partial charge in [0.05, 0.1) is 0 Å². The Hall–Kier alpha value is -4.91. The third-order valence-electron chi connectivity index (χ3n) is 4.89. The SMILES string of the molecule is C=C(C)C(=O)O/C=C\Oc1ccc(-c2ccc(-c3ccc(O/C=C\OC(=O)C(=C)C)cc3)c(F)c2)cc1. The Labute approximate surface area is 214 Å². The lowest BCUT2D eigenvalue weighted by molar-refractivity contribution is -0.134. The Morgan fingerprint density at radius 3 is 1.51 bits per heavy atom. The average molecular weight is 501 g/mol. The lowest BCUT2D eigenvalue weighted by Gasteiger charge is -2.09. The van der Waals surface area contributed by atoms with Crippen LogP contribution in [0.3, 0.4) is 0 Å². The zero-order valence-electron chi connectivity index (χ0n) is 20.4. The van der Waals surface area contributed by atoms with Gasteiger partial charge in [-0.1, -0.05) is 49.6 Å². The van der Waals surface area contributed by atoms with Crippen LogP contribution < -0.4 is 9.47 Å². The van der Waals surface area contributed by atoms with E-state index in [1.54, 1.807) is 68.4 Å². The average Bonchev–Trinajstić information content (AvgIpc) is 2.89. The number of carbonyl (C=O) groups is 2. The number of carbonyl (C=O) groups excluding carboxylic acids is 2. The van der Waals surface area contributed by atoms with Gasteiger partial charge in [0.2, 0.25) is 0 Å². The molecule has 0 atom stereocenters. The van der Waals surface area contributed by atoms with Gasteiger partial charge >= 0.3 is 11.9 Å². The molecule has 0 aliphatic rings. The van der Waals surface area contributed by atoms with Gasteiger partial charge in [0.1, 0.15) is 42.4 Å². The molecule has 3 aromatic carbocycles. The molecular formula is C30H25FO6. The van der Waals surface area contributed by atoms with E-state index in [4.69, 9.17) is 18.9 Å². The zero-order valence-corrected chi connectivity index (χ0v) is 20.4. The highest BCUT2D eigenvalue weighted by molar-refractivity contribution is 5.87. The Kier molecular flexibility index (Phi) is 9.16. The molecule has 0 amide bonds. The van der Waals surface area contributed by atoms with E-state index >= 15 is 0 Å². The first-order valence-corrected chi connectivity index (χ1v) is 11.1. The maximum absolute atomic E-state index is 14.9. The monoisotopic (exact) mass is 500 g/mol. The Morgan fingerprint density at radius 1 is 0.649 bits per heavy atom. The zero-order chi connectivity index (χ0) is 26.8. The highest BCUT2D eigenvalue weighted by Crippen LogP contribution is 2.30. The van der Waals surface area contributed by atoms with Gasteiger partial charge < -0.3 is 18.9 Å². The Balaban J connectivity index is 1.61. The third-order valence-corrected chi connectivity index (χ3v) is 4.89. The van der Waals surface area contributed by atoms with Gasteiger partial charge in [0, 0.05) is 16.7 Å². The van der Waals surface area contributed by atoms with Crippen molar-refractivity contribution in [3.05, 3.63) is 122 Å². The van der Waals surface area contributed by atoms with Gasteiger partial charge in [0.15, 0.2) is 0 Å². The largest absolute Gasteiger partial charge is 0.462 e. The fourth-order valence-corrected chi connectivity index (χ4v) is 2.96. The summed E-state index contributed by atoms with van der Waals surface area (Å²) in [5.41, 5.74) is 3.19. The third kappa shape index (κ3) is 7.80. The minimum atomic E-state index is -0.547. The molecule has 7 heteroatoms. The van der Waals surface area contributed by atoms with Crippen molar-refractivity contribution in [3.63, 3.8) is 0 Å². The summed E-state index contributed by atoms with van der Waals surface area (Å²) in [4.78, 5) is 22.6. The molecule has 37 heavy (non-hydrogen) atoms. The van der Waals surface area contributed by atoms with Gasteiger partial charge in [-0.3, -0.25) is 0 Å². The molecule has 0 radical (unpaired) electrons. The summed E-state index contributed by atoms with van der Waals surface area (Å²) in [6.07, 6.45) is 4.74. The second-order valence-corrected chi connectivity index (χ2v) is 7.89. The molecule has 0 bridgehead atoms. The molecule has 0 aliphatic carbocycles. The molecule has 3 aromatic rings. The number of benzene rings is 3. The lowest BCUT2D eigenvalue weighted by Crippen LogP contribution is -1.99. The molecule has 3 rings (SSSR count). The standard InChI is InChI=1S/C30H25FO6/c1-20(2)29(32)36-17-15-34-25-10-5-22(6-11-25)24-9-14-27(28(31)19-24)23-7-12-26(13-8-23)35-16-18-37-30(33)21(3)4/h5-19H,1,3H2,2,4H3/b17-15-,18-16-. The maximum Gasteiger partial charge on any atom is 0.338 e. The fourth-order valence-electron chi connectivity index (χ4n) is 2.96. The summed E-state index contributed by atoms with van der Waals surface area (Å²) in [5, 5.41) is 0. The molecule has 6 nitrogen and oxygen atoms in total. The van der Waals surface area contributed by atoms with Gasteiger partial charge in [-0.05, 0) is 60.9 Å². The molecule has 0 fully saturated rings. The summed E-state index contributed by atoms with van der Waals surface area (Å²) in [5.74, 6) is -0.445. The fraction of sp³-hybridized carbons (Fsp3) is 0.0667. The van der Waals surface area contributed by atoms with Crippen molar-refractivity contribution < 1.29 is 32.9 Å². The number of rotatable bonds is 10. The molecule has 0 N–H and O–H groups in total. The molecule has 188 valence electrons. The second kappa shape index (κ2) is 12.7. The summed E-state index contributed by atoms with van der Waals surface area (Å²) < 4.78 is 35.3. The first kappa shape index (κ1) is 26.7. The molecule has 0 aromatic heterocycles. The Morgan fingerprint density at radius 2 is 1.08 bits per heavy atom. The number of ether oxygens (including phenoxy) is 4. The minimum absolute atomic E-state index is 0.279. The van der Waals surface area contributed by atoms with Crippen LogP contribution in [0.2, 0.25) is 0 Å². The van der Waals surface area contributed by atoms with Crippen molar-refractivity contribution in [2.75, 3.05) is 0 Å². The predicted molar refractivity (Wildman–Crippen MR) is 139 cm³/mol. The van der Waals surface area contributed by atoms with Crippen LogP contribution in [0, 0.1) is 5.82 Å². The van der Waals surface area contributed by atoms with Crippen molar-refractivity contribution in [1.82, 2.24) is 0 Å². The van der Waals surface area contributed by atoms with Crippen molar-refractivity contribution in [3.8, 4) is 33.8 Å². The van der Waals surface area contributed by atoms with E-state index in [0.29, 0.717) is 28.2 Å². The van der Waals surface area contributed by atoms with E-state index in [1.807, 2.05) is 6.07 Å². The topological polar surface area (TPSA) is 71.1 Å². The quantitative estimate of drug-likeness (QED) is 0.168. The van der Waals surface area contributed by atoms with Crippen LogP contribution in [0.15, 0.2) is 116 Å². The minimum Gasteiger partial charge on any atom is -0.462 e. The smallest absolute Gasteiger partial charge is 0.338 e. The number of hydrogen-bond acceptors (Lipinski definition) is 6. The van der Waals surface area contributed by atoms with Crippen molar-refractivity contribution in [2.24, 2.45) is 0 Å². The summed E-state index contributed by atoms with van der Waals surface area (Å²) in [7, 11) is 0. The van der Waals surface area contributed by atoms with Crippen LogP contribution in [0.1, 0.15) is 13.8 Å². The van der Waals surface area contributed by atoms with E-state index in [0.717, 1.165) is 18.1 Å². The molecule has 0 aliphatic heterocycles. The number of hydrogen-bond donors (Lipinski definition) is 0. The Bertz CT molecular complexity index is 1350. The molecule has 0 unspecified atom stereocenters. The van der Waals surface area contributed by atoms with E-state index in [1.165, 1.54) is 18.6 Å². The van der Waals surface area contributed by atoms with E-state index in [-0.39, 0.29) is 17.0 Å². The van der Waals surface area contributed by atoms with E-state index in [2.05, 4.69) is 13.2 Å². The normalized spacial score (nSPS) is 10.8. The first-order valence-electron chi connectivity index (χ1n) is 11.1. The maximum atomic E-state index is 14.9. The van der Waals surface area contributed by atoms with Crippen molar-refractivity contribution >= 4 is 11.9 Å². The van der Waals surface area contributed by atoms with Crippen LogP contribution in [0.5, 0.6) is 11.5 Å². The van der Waals surface area contributed by atoms with Gasteiger partial charge in [-0.25, -0.2) is 14.0 Å². The number of esters is 2. The van der Waals surface area contributed by atoms with Crippen LogP contribution in [-0.2, 0) is 19.1 Å². The predicted octanol–water partition coefficient (Wildman–Crippen LogP) is 7.10. The summed E-state index contributed by atoms with van der Waals surface area (Å²) >= 11 is 0. The van der Waals surface area contributed by atoms with Gasteiger partial charge in [0.25, 0.3) is 0 Å². The lowest BCUT2D eigenvalue weighted by atomic mass is 9.99. The van der Waals surface area contributed by atoms with Crippen molar-refractivity contribution in [2.45, 2.75) is 13.8 Å². The molecule has 0 saturated heterocycles. The van der Waals surface area contributed by atoms with E-state index < -0.39 is 11.9 Å². The first-order chi connectivity index (χ1) is 17.7. The van der Waals surface area contributed by atoms with Crippen LogP contribution in [-0.4, -0.2) is 11.9 Å². The summed E-state index contributed by atoms with van der Waals surface area (Å²) in [6, 6.07) is 18.9. The second-order valence-electron chi connectivity index (χ2n) is 7.89. The van der Waals surface area contributed by atoms with E-state index in [9.17, 15) is 14.0 Å². The van der Waals surface area contributed by atoms with Crippen LogP contribution in [0.4, 0.5) is 4.39 Å². The van der Waals surface area contributed by atoms with Crippen LogP contribution >= 0.6 is 0 Å².